The number of fused-ring (bicyclic) bond motifs is 18. The molecule has 2 aliphatic heterocycles. The summed E-state index contributed by atoms with van der Waals surface area (Å²) in [6.45, 7) is 0.00222. The van der Waals surface area contributed by atoms with E-state index in [-0.39, 0.29) is 6.71 Å². The molecule has 0 radical (unpaired) electrons. The zero-order chi connectivity index (χ0) is 39.9. The summed E-state index contributed by atoms with van der Waals surface area (Å²) in [6, 6.07) is 74.7. The molecule has 12 aromatic rings. The fourth-order valence-electron chi connectivity index (χ4n) is 11.6. The van der Waals surface area contributed by atoms with Crippen LogP contribution in [0.3, 0.4) is 0 Å². The van der Waals surface area contributed by atoms with Gasteiger partial charge in [-0.25, -0.2) is 0 Å². The lowest BCUT2D eigenvalue weighted by Gasteiger charge is -2.44. The highest BCUT2D eigenvalue weighted by atomic mass is 15.2. The van der Waals surface area contributed by atoms with Crippen LogP contribution in [0.25, 0.3) is 75.5 Å². The molecular weight excluding hydrogens is 737 g/mol. The van der Waals surface area contributed by atoms with Crippen molar-refractivity contribution in [2.45, 2.75) is 0 Å². The molecule has 1 aromatic heterocycles. The van der Waals surface area contributed by atoms with Crippen molar-refractivity contribution in [3.8, 4) is 0 Å². The molecule has 3 heterocycles. The number of hydrogen-bond acceptors (Lipinski definition) is 2. The summed E-state index contributed by atoms with van der Waals surface area (Å²) in [6.07, 6.45) is 0. The van der Waals surface area contributed by atoms with Gasteiger partial charge in [0.1, 0.15) is 0 Å². The Balaban J connectivity index is 1.14. The molecule has 0 spiro atoms. The number of rotatable bonds is 2. The van der Waals surface area contributed by atoms with E-state index in [1.807, 2.05) is 0 Å². The van der Waals surface area contributed by atoms with Crippen LogP contribution in [0, 0.1) is 0 Å². The zero-order valence-corrected chi connectivity index (χ0v) is 33.5. The summed E-state index contributed by atoms with van der Waals surface area (Å²) in [5, 5.41) is 16.5. The third kappa shape index (κ3) is 4.23. The molecule has 0 saturated carbocycles. The number of para-hydroxylation sites is 2. The maximum Gasteiger partial charge on any atom is 0.272 e. The van der Waals surface area contributed by atoms with Gasteiger partial charge < -0.3 is 14.4 Å². The third-order valence-corrected chi connectivity index (χ3v) is 13.9. The van der Waals surface area contributed by atoms with Crippen LogP contribution in [-0.4, -0.2) is 11.3 Å². The normalized spacial score (nSPS) is 13.2. The Labute approximate surface area is 353 Å². The Bertz CT molecular complexity index is 3790. The van der Waals surface area contributed by atoms with Gasteiger partial charge >= 0.3 is 0 Å². The van der Waals surface area contributed by atoms with Gasteiger partial charge in [0, 0.05) is 51.4 Å². The number of hydrogen-bond donors (Lipinski definition) is 0. The molecule has 0 atom stereocenters. The van der Waals surface area contributed by atoms with Crippen LogP contribution >= 0.6 is 0 Å². The number of aromatic nitrogens is 1. The summed E-state index contributed by atoms with van der Waals surface area (Å²) >= 11 is 0. The SMILES string of the molecule is Cn1c2c(c3ccccc31)N(c1cccc3c4ccccc4c4ccccc4c13)c1cccc3c1B2c1ccccc1N3c1cccc2c3ccccc3c3ccccc3c12. The second-order valence-electron chi connectivity index (χ2n) is 16.8. The van der Waals surface area contributed by atoms with Gasteiger partial charge in [0.05, 0.1) is 17.1 Å². The largest absolute Gasteiger partial charge is 0.353 e. The van der Waals surface area contributed by atoms with Crippen LogP contribution in [0.4, 0.5) is 34.1 Å². The van der Waals surface area contributed by atoms with E-state index in [0.29, 0.717) is 0 Å². The van der Waals surface area contributed by atoms with Crippen LogP contribution in [-0.2, 0) is 7.05 Å². The highest BCUT2D eigenvalue weighted by molar-refractivity contribution is 7.00. The van der Waals surface area contributed by atoms with E-state index in [0.717, 1.165) is 0 Å². The van der Waals surface area contributed by atoms with Crippen LogP contribution in [0.2, 0.25) is 0 Å². The van der Waals surface area contributed by atoms with Gasteiger partial charge in [-0.2, -0.15) is 0 Å². The molecule has 282 valence electrons. The summed E-state index contributed by atoms with van der Waals surface area (Å²) in [5.74, 6) is 0. The van der Waals surface area contributed by atoms with E-state index >= 15 is 0 Å². The number of nitrogens with zero attached hydrogens (tertiary/aromatic N) is 3. The van der Waals surface area contributed by atoms with Gasteiger partial charge in [-0.1, -0.05) is 164 Å². The first kappa shape index (κ1) is 33.1. The molecular formula is C57H36BN3. The summed E-state index contributed by atoms with van der Waals surface area (Å²) in [7, 11) is 2.27. The van der Waals surface area contributed by atoms with Crippen molar-refractivity contribution in [2.24, 2.45) is 7.05 Å². The van der Waals surface area contributed by atoms with Crippen LogP contribution in [0.5, 0.6) is 0 Å². The van der Waals surface area contributed by atoms with Gasteiger partial charge in [0.15, 0.2) is 0 Å². The Hall–Kier alpha value is -7.82. The monoisotopic (exact) mass is 773 g/mol. The van der Waals surface area contributed by atoms with Crippen molar-refractivity contribution in [2.75, 3.05) is 9.80 Å². The Kier molecular flexibility index (Phi) is 6.57. The number of anilines is 6. The van der Waals surface area contributed by atoms with E-state index in [2.05, 4.69) is 222 Å². The summed E-state index contributed by atoms with van der Waals surface area (Å²) in [5.41, 5.74) is 12.5. The lowest BCUT2D eigenvalue weighted by Crippen LogP contribution is -2.62. The van der Waals surface area contributed by atoms with E-state index in [4.69, 9.17) is 0 Å². The molecule has 11 aromatic carbocycles. The molecule has 0 amide bonds. The molecule has 4 heteroatoms. The van der Waals surface area contributed by atoms with Gasteiger partial charge in [-0.3, -0.25) is 0 Å². The van der Waals surface area contributed by atoms with Crippen molar-refractivity contribution in [3.05, 3.63) is 200 Å². The summed E-state index contributed by atoms with van der Waals surface area (Å²) < 4.78 is 2.48. The first-order valence-corrected chi connectivity index (χ1v) is 21.3. The molecule has 14 rings (SSSR count). The smallest absolute Gasteiger partial charge is 0.272 e. The fraction of sp³-hybridized carbons (Fsp3) is 0.0175. The maximum absolute atomic E-state index is 2.62. The minimum absolute atomic E-state index is 0.00222. The minimum Gasteiger partial charge on any atom is -0.353 e. The first-order chi connectivity index (χ1) is 30.3. The molecule has 0 fully saturated rings. The van der Waals surface area contributed by atoms with E-state index in [1.54, 1.807) is 0 Å². The highest BCUT2D eigenvalue weighted by Crippen LogP contribution is 2.51. The molecule has 0 aliphatic carbocycles. The van der Waals surface area contributed by atoms with Crippen molar-refractivity contribution < 1.29 is 0 Å². The number of benzene rings is 11. The van der Waals surface area contributed by atoms with Gasteiger partial charge in [-0.05, 0) is 101 Å². The molecule has 0 unspecified atom stereocenters. The fourth-order valence-corrected chi connectivity index (χ4v) is 11.6. The second-order valence-corrected chi connectivity index (χ2v) is 16.8. The zero-order valence-electron chi connectivity index (χ0n) is 33.5. The second kappa shape index (κ2) is 12.1. The topological polar surface area (TPSA) is 11.4 Å². The van der Waals surface area contributed by atoms with E-state index in [1.165, 1.54) is 126 Å². The van der Waals surface area contributed by atoms with Crippen LogP contribution < -0.4 is 26.3 Å². The molecule has 0 saturated heterocycles. The standard InChI is InChI=1S/C57H36BN3/c1-59-47-29-12-10-25-45(47)56-57(59)58-46-28-11-13-30-48(46)60(49-31-14-26-43-39-19-4-2-17-35(39)37-21-6-8-23-41(37)53(43)49)51-33-16-34-52(55(51)58)61(56)50-32-15-27-44-40-20-5-3-18-36(40)38-22-7-9-24-42(38)54(44)50/h2-34H,1H3. The molecule has 0 N–H and O–H groups in total. The Morgan fingerprint density at radius 3 is 1.23 bits per heavy atom. The highest BCUT2D eigenvalue weighted by Gasteiger charge is 2.46. The average molecular weight is 774 g/mol. The van der Waals surface area contributed by atoms with E-state index < -0.39 is 0 Å². The quantitative estimate of drug-likeness (QED) is 0.128. The first-order valence-electron chi connectivity index (χ1n) is 21.3. The molecule has 61 heavy (non-hydrogen) atoms. The number of aryl methyl sites for hydroxylation is 1. The lowest BCUT2D eigenvalue weighted by atomic mass is 9.35. The summed E-state index contributed by atoms with van der Waals surface area (Å²) in [4.78, 5) is 5.20. The predicted molar refractivity (Wildman–Crippen MR) is 262 cm³/mol. The van der Waals surface area contributed by atoms with Crippen LogP contribution in [0.1, 0.15) is 0 Å². The third-order valence-electron chi connectivity index (χ3n) is 13.9. The lowest BCUT2D eigenvalue weighted by molar-refractivity contribution is 0.997. The minimum atomic E-state index is 0.00222. The van der Waals surface area contributed by atoms with E-state index in [9.17, 15) is 0 Å². The van der Waals surface area contributed by atoms with Crippen LogP contribution in [0.15, 0.2) is 200 Å². The predicted octanol–water partition coefficient (Wildman–Crippen LogP) is 13.2. The van der Waals surface area contributed by atoms with Crippen molar-refractivity contribution in [1.29, 1.82) is 0 Å². The van der Waals surface area contributed by atoms with Gasteiger partial charge in [0.2, 0.25) is 0 Å². The Morgan fingerprint density at radius 2 is 0.672 bits per heavy atom. The van der Waals surface area contributed by atoms with Crippen molar-refractivity contribution in [3.63, 3.8) is 0 Å². The molecule has 3 nitrogen and oxygen atoms in total. The molecule has 2 aliphatic rings. The van der Waals surface area contributed by atoms with Gasteiger partial charge in [0.25, 0.3) is 6.71 Å². The Morgan fingerprint density at radius 1 is 0.311 bits per heavy atom. The molecule has 0 bridgehead atoms. The van der Waals surface area contributed by atoms with Crippen molar-refractivity contribution >= 4 is 133 Å². The van der Waals surface area contributed by atoms with Gasteiger partial charge in [-0.15, -0.1) is 0 Å². The maximum atomic E-state index is 2.62. The van der Waals surface area contributed by atoms with Crippen molar-refractivity contribution in [1.82, 2.24) is 4.57 Å². The average Bonchev–Trinajstić information content (AvgIpc) is 3.62.